The van der Waals surface area contributed by atoms with Crippen molar-refractivity contribution in [3.8, 4) is 0 Å². The normalized spacial score (nSPS) is 18.9. The van der Waals surface area contributed by atoms with Crippen LogP contribution >= 0.6 is 11.8 Å². The lowest BCUT2D eigenvalue weighted by atomic mass is 9.99. The lowest BCUT2D eigenvalue weighted by Gasteiger charge is -2.26. The molecule has 1 aliphatic rings. The van der Waals surface area contributed by atoms with Crippen molar-refractivity contribution >= 4 is 11.8 Å². The summed E-state index contributed by atoms with van der Waals surface area (Å²) in [7, 11) is 0. The number of aryl methyl sites for hydroxylation is 1. The summed E-state index contributed by atoms with van der Waals surface area (Å²) in [5.41, 5.74) is 9.56. The molecule has 2 N–H and O–H groups in total. The third-order valence-corrected chi connectivity index (χ3v) is 4.43. The molecule has 1 unspecified atom stereocenters. The van der Waals surface area contributed by atoms with Gasteiger partial charge in [-0.05, 0) is 26.3 Å². The minimum atomic E-state index is 0.423. The van der Waals surface area contributed by atoms with Gasteiger partial charge in [0.15, 0.2) is 0 Å². The van der Waals surface area contributed by atoms with E-state index in [1.807, 2.05) is 11.8 Å². The van der Waals surface area contributed by atoms with E-state index in [9.17, 15) is 0 Å². The van der Waals surface area contributed by atoms with Crippen molar-refractivity contribution in [1.29, 1.82) is 0 Å². The Labute approximate surface area is 95.4 Å². The molecular formula is C11H19N3S. The van der Waals surface area contributed by atoms with Crippen molar-refractivity contribution in [2.75, 3.05) is 18.1 Å². The number of nitrogens with zero attached hydrogens (tertiary/aromatic N) is 2. The zero-order valence-corrected chi connectivity index (χ0v) is 10.5. The second-order valence-electron chi connectivity index (χ2n) is 4.36. The van der Waals surface area contributed by atoms with Gasteiger partial charge in [-0.25, -0.2) is 0 Å². The number of hydrogen-bond acceptors (Lipinski definition) is 3. The van der Waals surface area contributed by atoms with E-state index in [0.29, 0.717) is 18.5 Å². The van der Waals surface area contributed by atoms with Gasteiger partial charge in [0.2, 0.25) is 0 Å². The summed E-state index contributed by atoms with van der Waals surface area (Å²) in [6, 6.07) is 0.618. The summed E-state index contributed by atoms with van der Waals surface area (Å²) in [5, 5.41) is 4.65. The maximum atomic E-state index is 5.73. The van der Waals surface area contributed by atoms with Gasteiger partial charge in [0.05, 0.1) is 11.7 Å². The third-order valence-electron chi connectivity index (χ3n) is 3.19. The van der Waals surface area contributed by atoms with Crippen LogP contribution < -0.4 is 5.73 Å². The summed E-state index contributed by atoms with van der Waals surface area (Å²) in [6.07, 6.45) is 0. The molecule has 4 heteroatoms. The van der Waals surface area contributed by atoms with Crippen LogP contribution in [0.25, 0.3) is 0 Å². The molecule has 2 heterocycles. The van der Waals surface area contributed by atoms with Crippen molar-refractivity contribution in [2.24, 2.45) is 5.73 Å². The van der Waals surface area contributed by atoms with Crippen molar-refractivity contribution in [1.82, 2.24) is 9.78 Å². The standard InChI is InChI=1S/C11H19N3S/c1-7(4-12)11-8(2)13-14(9(11)3)10-5-15-6-10/h7,10H,4-6,12H2,1-3H3. The monoisotopic (exact) mass is 225 g/mol. The second-order valence-corrected chi connectivity index (χ2v) is 5.43. The van der Waals surface area contributed by atoms with Crippen molar-refractivity contribution in [3.05, 3.63) is 17.0 Å². The molecule has 3 nitrogen and oxygen atoms in total. The molecular weight excluding hydrogens is 206 g/mol. The molecule has 84 valence electrons. The van der Waals surface area contributed by atoms with Gasteiger partial charge < -0.3 is 5.73 Å². The average molecular weight is 225 g/mol. The number of hydrogen-bond donors (Lipinski definition) is 1. The Hall–Kier alpha value is -0.480. The van der Waals surface area contributed by atoms with Crippen LogP contribution in [0.1, 0.15) is 35.8 Å². The smallest absolute Gasteiger partial charge is 0.0703 e. The van der Waals surface area contributed by atoms with Crippen molar-refractivity contribution < 1.29 is 0 Å². The number of aromatic nitrogens is 2. The highest BCUT2D eigenvalue weighted by atomic mass is 32.2. The molecule has 1 aromatic heterocycles. The number of nitrogens with two attached hydrogens (primary N) is 1. The van der Waals surface area contributed by atoms with E-state index in [0.717, 1.165) is 5.69 Å². The zero-order valence-electron chi connectivity index (χ0n) is 9.66. The average Bonchev–Trinajstić information content (AvgIpc) is 2.39. The van der Waals surface area contributed by atoms with E-state index in [-0.39, 0.29) is 0 Å². The molecule has 2 rings (SSSR count). The van der Waals surface area contributed by atoms with Gasteiger partial charge in [0.1, 0.15) is 0 Å². The highest BCUT2D eigenvalue weighted by Crippen LogP contribution is 2.32. The van der Waals surface area contributed by atoms with Gasteiger partial charge in [-0.3, -0.25) is 4.68 Å². The molecule has 0 spiro atoms. The van der Waals surface area contributed by atoms with E-state index >= 15 is 0 Å². The minimum Gasteiger partial charge on any atom is -0.330 e. The predicted octanol–water partition coefficient (Wildman–Crippen LogP) is 1.85. The molecule has 1 aromatic rings. The predicted molar refractivity (Wildman–Crippen MR) is 65.5 cm³/mol. The van der Waals surface area contributed by atoms with Gasteiger partial charge in [0.25, 0.3) is 0 Å². The van der Waals surface area contributed by atoms with Crippen LogP contribution in [0.3, 0.4) is 0 Å². The Morgan fingerprint density at radius 3 is 2.67 bits per heavy atom. The van der Waals surface area contributed by atoms with Gasteiger partial charge >= 0.3 is 0 Å². The fourth-order valence-corrected chi connectivity index (χ4v) is 2.96. The largest absolute Gasteiger partial charge is 0.330 e. The third kappa shape index (κ3) is 1.81. The van der Waals surface area contributed by atoms with Crippen LogP contribution in [0.15, 0.2) is 0 Å². The van der Waals surface area contributed by atoms with Gasteiger partial charge in [-0.1, -0.05) is 6.92 Å². The summed E-state index contributed by atoms with van der Waals surface area (Å²) in [6.45, 7) is 7.14. The lowest BCUT2D eigenvalue weighted by Crippen LogP contribution is -2.25. The molecule has 0 radical (unpaired) electrons. The Morgan fingerprint density at radius 2 is 2.20 bits per heavy atom. The summed E-state index contributed by atoms with van der Waals surface area (Å²) in [4.78, 5) is 0. The molecule has 1 atom stereocenters. The maximum absolute atomic E-state index is 5.73. The van der Waals surface area contributed by atoms with Crippen LogP contribution in [0.5, 0.6) is 0 Å². The quantitative estimate of drug-likeness (QED) is 0.854. The van der Waals surface area contributed by atoms with Crippen LogP contribution in [-0.2, 0) is 0 Å². The Balaban J connectivity index is 2.34. The maximum Gasteiger partial charge on any atom is 0.0703 e. The molecule has 0 saturated carbocycles. The van der Waals surface area contributed by atoms with E-state index in [1.54, 1.807) is 0 Å². The van der Waals surface area contributed by atoms with Crippen LogP contribution in [0.4, 0.5) is 0 Å². The molecule has 0 aliphatic carbocycles. The zero-order chi connectivity index (χ0) is 11.0. The van der Waals surface area contributed by atoms with Crippen LogP contribution in [0, 0.1) is 13.8 Å². The summed E-state index contributed by atoms with van der Waals surface area (Å²) >= 11 is 1.99. The van der Waals surface area contributed by atoms with E-state index in [2.05, 4.69) is 30.6 Å². The van der Waals surface area contributed by atoms with E-state index in [4.69, 9.17) is 5.73 Å². The van der Waals surface area contributed by atoms with Crippen LogP contribution in [0.2, 0.25) is 0 Å². The fourth-order valence-electron chi connectivity index (χ4n) is 2.23. The molecule has 1 aliphatic heterocycles. The van der Waals surface area contributed by atoms with Crippen molar-refractivity contribution in [2.45, 2.75) is 32.7 Å². The first-order valence-corrected chi connectivity index (χ1v) is 6.64. The molecule has 15 heavy (non-hydrogen) atoms. The SMILES string of the molecule is Cc1nn(C2CSC2)c(C)c1C(C)CN. The first-order valence-electron chi connectivity index (χ1n) is 5.48. The molecule has 1 saturated heterocycles. The summed E-state index contributed by atoms with van der Waals surface area (Å²) in [5.74, 6) is 2.84. The highest BCUT2D eigenvalue weighted by Gasteiger charge is 2.25. The Kier molecular flexibility index (Phi) is 3.07. The highest BCUT2D eigenvalue weighted by molar-refractivity contribution is 8.00. The topological polar surface area (TPSA) is 43.8 Å². The van der Waals surface area contributed by atoms with Gasteiger partial charge in [0, 0.05) is 22.8 Å². The van der Waals surface area contributed by atoms with E-state index < -0.39 is 0 Å². The molecule has 1 fully saturated rings. The van der Waals surface area contributed by atoms with Gasteiger partial charge in [-0.15, -0.1) is 0 Å². The van der Waals surface area contributed by atoms with Crippen LogP contribution in [-0.4, -0.2) is 27.8 Å². The second kappa shape index (κ2) is 4.18. The summed E-state index contributed by atoms with van der Waals surface area (Å²) < 4.78 is 2.20. The Morgan fingerprint density at radius 1 is 1.53 bits per heavy atom. The van der Waals surface area contributed by atoms with E-state index in [1.165, 1.54) is 22.8 Å². The fraction of sp³-hybridized carbons (Fsp3) is 0.727. The first kappa shape index (κ1) is 11.0. The number of rotatable bonds is 3. The first-order chi connectivity index (χ1) is 7.15. The molecule has 0 aromatic carbocycles. The Bertz CT molecular complexity index is 355. The molecule has 0 amide bonds. The minimum absolute atomic E-state index is 0.423. The van der Waals surface area contributed by atoms with Gasteiger partial charge in [-0.2, -0.15) is 16.9 Å². The molecule has 0 bridgehead atoms. The van der Waals surface area contributed by atoms with Crippen molar-refractivity contribution in [3.63, 3.8) is 0 Å². The number of thioether (sulfide) groups is 1. The lowest BCUT2D eigenvalue weighted by molar-refractivity contribution is 0.510.